The number of guanidine groups is 1. The molecule has 1 saturated carbocycles. The second-order valence-corrected chi connectivity index (χ2v) is 8.84. The Labute approximate surface area is 131 Å². The zero-order chi connectivity index (χ0) is 15.8. The average molecular weight is 321 g/mol. The molecule has 0 heterocycles. The predicted octanol–water partition coefficient (Wildman–Crippen LogP) is 1.87. The molecule has 5 nitrogen and oxygen atoms in total. The van der Waals surface area contributed by atoms with Gasteiger partial charge in [0.1, 0.15) is 0 Å². The molecule has 2 aliphatic rings. The molecule has 3 N–H and O–H groups in total. The Hall–Kier alpha value is -1.56. The lowest BCUT2D eigenvalue weighted by Gasteiger charge is -2.20. The molecule has 0 unspecified atom stereocenters. The number of rotatable bonds is 4. The SMILES string of the molecule is CS(=O)(=O)C1(CN=C(N)Nc2cccc3c2CCCC3)CC1. The summed E-state index contributed by atoms with van der Waals surface area (Å²) >= 11 is 0. The lowest BCUT2D eigenvalue weighted by molar-refractivity contribution is 0.583. The Morgan fingerprint density at radius 2 is 2.05 bits per heavy atom. The molecule has 3 rings (SSSR count). The topological polar surface area (TPSA) is 84.5 Å². The van der Waals surface area contributed by atoms with Crippen LogP contribution in [0.25, 0.3) is 0 Å². The van der Waals surface area contributed by atoms with E-state index in [1.54, 1.807) is 0 Å². The summed E-state index contributed by atoms with van der Waals surface area (Å²) in [7, 11) is -3.06. The smallest absolute Gasteiger partial charge is 0.193 e. The number of nitrogens with one attached hydrogen (secondary N) is 1. The lowest BCUT2D eigenvalue weighted by atomic mass is 9.90. The number of aliphatic imine (C=N–C) groups is 1. The van der Waals surface area contributed by atoms with E-state index in [1.807, 2.05) is 12.1 Å². The first-order chi connectivity index (χ1) is 10.4. The minimum atomic E-state index is -3.06. The van der Waals surface area contributed by atoms with E-state index < -0.39 is 14.6 Å². The van der Waals surface area contributed by atoms with Crippen LogP contribution in [-0.4, -0.2) is 31.9 Å². The number of nitrogens with zero attached hydrogens (tertiary/aromatic N) is 1. The fourth-order valence-corrected chi connectivity index (χ4v) is 4.23. The monoisotopic (exact) mass is 321 g/mol. The fraction of sp³-hybridized carbons (Fsp3) is 0.562. The van der Waals surface area contributed by atoms with E-state index in [9.17, 15) is 8.42 Å². The van der Waals surface area contributed by atoms with Crippen molar-refractivity contribution in [3.63, 3.8) is 0 Å². The molecule has 0 spiro atoms. The van der Waals surface area contributed by atoms with Gasteiger partial charge in [-0.2, -0.15) is 0 Å². The molecule has 0 amide bonds. The van der Waals surface area contributed by atoms with Crippen LogP contribution < -0.4 is 11.1 Å². The number of aryl methyl sites for hydroxylation is 1. The molecule has 6 heteroatoms. The highest BCUT2D eigenvalue weighted by Gasteiger charge is 2.51. The van der Waals surface area contributed by atoms with Crippen molar-refractivity contribution in [3.8, 4) is 0 Å². The second-order valence-electron chi connectivity index (χ2n) is 6.43. The van der Waals surface area contributed by atoms with Gasteiger partial charge in [-0.05, 0) is 55.7 Å². The van der Waals surface area contributed by atoms with Gasteiger partial charge >= 0.3 is 0 Å². The van der Waals surface area contributed by atoms with Gasteiger partial charge in [-0.3, -0.25) is 4.99 Å². The molecule has 0 atom stereocenters. The molecule has 1 fully saturated rings. The van der Waals surface area contributed by atoms with E-state index in [2.05, 4.69) is 16.4 Å². The Morgan fingerprint density at radius 1 is 1.32 bits per heavy atom. The zero-order valence-electron chi connectivity index (χ0n) is 12.9. The van der Waals surface area contributed by atoms with E-state index in [-0.39, 0.29) is 6.54 Å². The third kappa shape index (κ3) is 2.97. The van der Waals surface area contributed by atoms with Crippen LogP contribution in [-0.2, 0) is 22.7 Å². The number of hydrogen-bond donors (Lipinski definition) is 2. The minimum Gasteiger partial charge on any atom is -0.370 e. The lowest BCUT2D eigenvalue weighted by Crippen LogP contribution is -2.29. The predicted molar refractivity (Wildman–Crippen MR) is 90.0 cm³/mol. The molecule has 22 heavy (non-hydrogen) atoms. The van der Waals surface area contributed by atoms with Gasteiger partial charge in [0.25, 0.3) is 0 Å². The van der Waals surface area contributed by atoms with Gasteiger partial charge in [0.05, 0.1) is 11.3 Å². The third-order valence-electron chi connectivity index (χ3n) is 4.79. The number of sulfone groups is 1. The van der Waals surface area contributed by atoms with Crippen LogP contribution in [0.15, 0.2) is 23.2 Å². The number of hydrogen-bond acceptors (Lipinski definition) is 3. The molecule has 0 bridgehead atoms. The molecule has 0 aliphatic heterocycles. The normalized spacial score (nSPS) is 20.3. The van der Waals surface area contributed by atoms with Gasteiger partial charge in [-0.1, -0.05) is 12.1 Å². The summed E-state index contributed by atoms with van der Waals surface area (Å²) in [6.45, 7) is 0.250. The van der Waals surface area contributed by atoms with Crippen molar-refractivity contribution in [1.82, 2.24) is 0 Å². The van der Waals surface area contributed by atoms with Crippen LogP contribution >= 0.6 is 0 Å². The summed E-state index contributed by atoms with van der Waals surface area (Å²) in [5.74, 6) is 0.300. The Morgan fingerprint density at radius 3 is 2.73 bits per heavy atom. The molecule has 0 radical (unpaired) electrons. The van der Waals surface area contributed by atoms with Gasteiger partial charge in [-0.15, -0.1) is 0 Å². The molecule has 0 aromatic heterocycles. The van der Waals surface area contributed by atoms with E-state index in [4.69, 9.17) is 5.73 Å². The minimum absolute atomic E-state index is 0.250. The van der Waals surface area contributed by atoms with Gasteiger partial charge in [0.2, 0.25) is 0 Å². The highest BCUT2D eigenvalue weighted by Crippen LogP contribution is 2.43. The van der Waals surface area contributed by atoms with Crippen LogP contribution in [0, 0.1) is 0 Å². The maximum Gasteiger partial charge on any atom is 0.193 e. The quantitative estimate of drug-likeness (QED) is 0.655. The number of fused-ring (bicyclic) bond motifs is 1. The zero-order valence-corrected chi connectivity index (χ0v) is 13.7. The fourth-order valence-electron chi connectivity index (χ4n) is 3.09. The summed E-state index contributed by atoms with van der Waals surface area (Å²) in [5.41, 5.74) is 9.65. The van der Waals surface area contributed by atoms with Crippen molar-refractivity contribution in [2.75, 3.05) is 18.1 Å². The van der Waals surface area contributed by atoms with Gasteiger partial charge < -0.3 is 11.1 Å². The summed E-state index contributed by atoms with van der Waals surface area (Å²) < 4.78 is 22.8. The maximum absolute atomic E-state index is 11.7. The average Bonchev–Trinajstić information content (AvgIpc) is 3.26. The van der Waals surface area contributed by atoms with Gasteiger partial charge in [0.15, 0.2) is 15.8 Å². The first-order valence-electron chi connectivity index (χ1n) is 7.79. The van der Waals surface area contributed by atoms with Crippen molar-refractivity contribution in [2.24, 2.45) is 10.7 Å². The third-order valence-corrected chi connectivity index (χ3v) is 6.90. The van der Waals surface area contributed by atoms with Crippen LogP contribution in [0.2, 0.25) is 0 Å². The van der Waals surface area contributed by atoms with Crippen LogP contribution in [0.3, 0.4) is 0 Å². The van der Waals surface area contributed by atoms with E-state index in [0.29, 0.717) is 18.8 Å². The highest BCUT2D eigenvalue weighted by atomic mass is 32.2. The van der Waals surface area contributed by atoms with Crippen molar-refractivity contribution in [3.05, 3.63) is 29.3 Å². The molecule has 2 aliphatic carbocycles. The van der Waals surface area contributed by atoms with E-state index in [1.165, 1.54) is 30.2 Å². The summed E-state index contributed by atoms with van der Waals surface area (Å²) in [5, 5.41) is 3.15. The van der Waals surface area contributed by atoms with Crippen molar-refractivity contribution < 1.29 is 8.42 Å². The molecule has 0 saturated heterocycles. The van der Waals surface area contributed by atoms with Crippen LogP contribution in [0.1, 0.15) is 36.8 Å². The van der Waals surface area contributed by atoms with Gasteiger partial charge in [-0.25, -0.2) is 8.42 Å². The van der Waals surface area contributed by atoms with Crippen molar-refractivity contribution >= 4 is 21.5 Å². The van der Waals surface area contributed by atoms with Crippen LogP contribution in [0.5, 0.6) is 0 Å². The Kier molecular flexibility index (Phi) is 3.89. The van der Waals surface area contributed by atoms with E-state index >= 15 is 0 Å². The van der Waals surface area contributed by atoms with E-state index in [0.717, 1.165) is 18.5 Å². The Bertz CT molecular complexity index is 706. The molecule has 120 valence electrons. The largest absolute Gasteiger partial charge is 0.370 e. The first-order valence-corrected chi connectivity index (χ1v) is 9.68. The molecular formula is C16H23N3O2S. The molecular weight excluding hydrogens is 298 g/mol. The van der Waals surface area contributed by atoms with Crippen molar-refractivity contribution in [1.29, 1.82) is 0 Å². The summed E-state index contributed by atoms with van der Waals surface area (Å²) in [4.78, 5) is 4.27. The Balaban J connectivity index is 1.72. The van der Waals surface area contributed by atoms with Crippen molar-refractivity contribution in [2.45, 2.75) is 43.3 Å². The highest BCUT2D eigenvalue weighted by molar-refractivity contribution is 7.92. The number of anilines is 1. The second kappa shape index (κ2) is 5.57. The van der Waals surface area contributed by atoms with Gasteiger partial charge in [0, 0.05) is 11.9 Å². The summed E-state index contributed by atoms with van der Waals surface area (Å²) in [6, 6.07) is 6.20. The number of benzene rings is 1. The maximum atomic E-state index is 11.7. The number of nitrogens with two attached hydrogens (primary N) is 1. The summed E-state index contributed by atoms with van der Waals surface area (Å²) in [6.07, 6.45) is 7.24. The standard InChI is InChI=1S/C16H23N3O2S/c1-22(20,21)16(9-10-16)11-18-15(17)19-14-8-4-6-12-5-2-3-7-13(12)14/h4,6,8H,2-3,5,7,9-11H2,1H3,(H3,17,18,19). The van der Waals surface area contributed by atoms with Crippen LogP contribution in [0.4, 0.5) is 5.69 Å². The molecule has 1 aromatic rings. The molecule has 1 aromatic carbocycles. The first kappa shape index (κ1) is 15.3.